The second-order valence-electron chi connectivity index (χ2n) is 12.8. The molecular formula is C36H35Cl2N7O2. The summed E-state index contributed by atoms with van der Waals surface area (Å²) in [4.78, 5) is 29.5. The monoisotopic (exact) mass is 667 g/mol. The lowest BCUT2D eigenvalue weighted by molar-refractivity contribution is -0.119. The molecule has 2 aliphatic heterocycles. The molecule has 5 aromatic rings. The Hall–Kier alpha value is -4.02. The van der Waals surface area contributed by atoms with E-state index in [4.69, 9.17) is 37.9 Å². The quantitative estimate of drug-likeness (QED) is 0.136. The molecule has 3 aromatic heterocycles. The van der Waals surface area contributed by atoms with Gasteiger partial charge in [0.15, 0.2) is 0 Å². The van der Waals surface area contributed by atoms with Gasteiger partial charge in [-0.1, -0.05) is 53.5 Å². The maximum Gasteiger partial charge on any atom is 0.220 e. The first-order chi connectivity index (χ1) is 22.9. The van der Waals surface area contributed by atoms with Crippen LogP contribution < -0.4 is 20.7 Å². The van der Waals surface area contributed by atoms with Crippen molar-refractivity contribution in [2.75, 3.05) is 13.7 Å². The van der Waals surface area contributed by atoms with E-state index in [-0.39, 0.29) is 11.9 Å². The smallest absolute Gasteiger partial charge is 0.220 e. The number of aromatic amines is 1. The zero-order valence-corrected chi connectivity index (χ0v) is 27.5. The fourth-order valence-electron chi connectivity index (χ4n) is 7.42. The van der Waals surface area contributed by atoms with Crippen molar-refractivity contribution in [3.63, 3.8) is 0 Å². The molecule has 11 heteroatoms. The Kier molecular flexibility index (Phi) is 8.09. The number of pyridine rings is 2. The molecule has 9 nitrogen and oxygen atoms in total. The van der Waals surface area contributed by atoms with Crippen LogP contribution in [0, 0.1) is 5.92 Å². The topological polar surface area (TPSA) is 117 Å². The van der Waals surface area contributed by atoms with Gasteiger partial charge in [0.25, 0.3) is 0 Å². The normalized spacial score (nSPS) is 21.9. The minimum absolute atomic E-state index is 0.108. The van der Waals surface area contributed by atoms with Crippen molar-refractivity contribution in [3.05, 3.63) is 82.2 Å². The summed E-state index contributed by atoms with van der Waals surface area (Å²) in [6.07, 6.45) is 6.95. The number of hydrogen-bond acceptors (Lipinski definition) is 7. The molecule has 4 atom stereocenters. The number of aromatic nitrogens is 4. The number of ether oxygens (including phenoxy) is 1. The van der Waals surface area contributed by atoms with Crippen LogP contribution in [-0.4, -0.2) is 51.6 Å². The van der Waals surface area contributed by atoms with E-state index >= 15 is 0 Å². The largest absolute Gasteiger partial charge is 0.481 e. The lowest BCUT2D eigenvalue weighted by atomic mass is 9.99. The van der Waals surface area contributed by atoms with Gasteiger partial charge in [-0.25, -0.2) is 9.97 Å². The average molecular weight is 669 g/mol. The van der Waals surface area contributed by atoms with E-state index in [1.807, 2.05) is 48.5 Å². The molecule has 1 aliphatic carbocycles. The van der Waals surface area contributed by atoms with Gasteiger partial charge in [-0.3, -0.25) is 9.78 Å². The molecule has 1 saturated carbocycles. The van der Waals surface area contributed by atoms with Crippen molar-refractivity contribution < 1.29 is 9.53 Å². The minimum Gasteiger partial charge on any atom is -0.481 e. The second kappa shape index (κ2) is 12.5. The number of nitrogens with zero attached hydrogens (tertiary/aromatic N) is 3. The fourth-order valence-corrected chi connectivity index (χ4v) is 8.07. The molecule has 2 saturated heterocycles. The fraction of sp³-hybridized carbons (Fsp3) is 0.333. The number of piperidine rings is 1. The van der Waals surface area contributed by atoms with Gasteiger partial charge >= 0.3 is 0 Å². The number of nitrogens with one attached hydrogen (secondary N) is 4. The van der Waals surface area contributed by atoms with Gasteiger partial charge in [-0.15, -0.1) is 0 Å². The molecule has 8 rings (SSSR count). The molecule has 4 N–H and O–H groups in total. The van der Waals surface area contributed by atoms with Crippen molar-refractivity contribution in [3.8, 4) is 39.5 Å². The number of methoxy groups -OCH3 is 1. The van der Waals surface area contributed by atoms with Crippen LogP contribution in [0.5, 0.6) is 5.88 Å². The highest BCUT2D eigenvalue weighted by atomic mass is 35.5. The molecule has 240 valence electrons. The first-order valence-electron chi connectivity index (χ1n) is 16.2. The van der Waals surface area contributed by atoms with E-state index in [1.54, 1.807) is 13.3 Å². The van der Waals surface area contributed by atoms with Crippen LogP contribution in [-0.2, 0) is 11.3 Å². The van der Waals surface area contributed by atoms with Gasteiger partial charge in [0.05, 0.1) is 45.6 Å². The number of imidazole rings is 1. The van der Waals surface area contributed by atoms with Crippen LogP contribution in [0.1, 0.15) is 49.5 Å². The summed E-state index contributed by atoms with van der Waals surface area (Å²) in [7, 11) is 1.61. The first-order valence-corrected chi connectivity index (χ1v) is 16.9. The molecule has 0 spiro atoms. The third-order valence-corrected chi connectivity index (χ3v) is 10.6. The van der Waals surface area contributed by atoms with Crippen LogP contribution in [0.15, 0.2) is 60.8 Å². The Morgan fingerprint density at radius 1 is 0.979 bits per heavy atom. The predicted octanol–water partition coefficient (Wildman–Crippen LogP) is 6.85. The van der Waals surface area contributed by atoms with E-state index < -0.39 is 0 Å². The predicted molar refractivity (Wildman–Crippen MR) is 184 cm³/mol. The van der Waals surface area contributed by atoms with Crippen molar-refractivity contribution >= 4 is 40.1 Å². The molecular weight excluding hydrogens is 633 g/mol. The molecule has 0 radical (unpaired) electrons. The maximum atomic E-state index is 11.5. The number of amides is 1. The van der Waals surface area contributed by atoms with E-state index in [1.165, 1.54) is 19.3 Å². The lowest BCUT2D eigenvalue weighted by Crippen LogP contribution is -2.35. The molecule has 3 aliphatic rings. The molecule has 1 amide bonds. The van der Waals surface area contributed by atoms with E-state index in [2.05, 4.69) is 32.0 Å². The Labute approximate surface area is 282 Å². The summed E-state index contributed by atoms with van der Waals surface area (Å²) >= 11 is 14.2. The van der Waals surface area contributed by atoms with Crippen LogP contribution in [0.2, 0.25) is 10.0 Å². The third-order valence-electron chi connectivity index (χ3n) is 9.81. The van der Waals surface area contributed by atoms with Crippen LogP contribution in [0.3, 0.4) is 0 Å². The second-order valence-corrected chi connectivity index (χ2v) is 13.5. The Morgan fingerprint density at radius 3 is 2.64 bits per heavy atom. The highest BCUT2D eigenvalue weighted by Gasteiger charge is 2.41. The van der Waals surface area contributed by atoms with Crippen molar-refractivity contribution in [2.45, 2.75) is 56.8 Å². The highest BCUT2D eigenvalue weighted by Crippen LogP contribution is 2.44. The standard InChI is InChI=1S/C36H35Cl2N7O2/c1-47-36-21(17-39-18-23-9-12-30(46)41-23)7-10-27(45-36)26-4-2-3-24(31(26)37)25-13-14-40-33(32(25)38)20-6-11-28-29(16-20)44-35(43-28)34-19-5-8-22(15-19)42-34/h2-4,6-7,10-11,13-14,16,19,22-23,34,39,42H,5,8-9,12,15,17-18H2,1H3,(H,41,46)(H,43,44)/t19-,22+,23?,34-/m1/s1. The van der Waals surface area contributed by atoms with Gasteiger partial charge < -0.3 is 25.7 Å². The number of halogens is 2. The van der Waals surface area contributed by atoms with Crippen molar-refractivity contribution in [2.24, 2.45) is 5.92 Å². The summed E-state index contributed by atoms with van der Waals surface area (Å²) in [5.41, 5.74) is 7.43. The number of carbonyl (C=O) groups excluding carboxylic acids is 1. The number of hydrogen-bond donors (Lipinski definition) is 4. The summed E-state index contributed by atoms with van der Waals surface area (Å²) in [6, 6.07) is 18.9. The Morgan fingerprint density at radius 2 is 1.85 bits per heavy atom. The van der Waals surface area contributed by atoms with E-state index in [0.29, 0.717) is 64.8 Å². The average Bonchev–Trinajstić information content (AvgIpc) is 3.90. The summed E-state index contributed by atoms with van der Waals surface area (Å²) in [5, 5.41) is 11.2. The summed E-state index contributed by atoms with van der Waals surface area (Å²) in [5.74, 6) is 2.29. The number of fused-ring (bicyclic) bond motifs is 3. The van der Waals surface area contributed by atoms with Crippen LogP contribution >= 0.6 is 23.2 Å². The van der Waals surface area contributed by atoms with E-state index in [0.717, 1.165) is 51.1 Å². The Balaban J connectivity index is 1.05. The zero-order valence-electron chi connectivity index (χ0n) is 25.9. The van der Waals surface area contributed by atoms with Gasteiger partial charge in [-0.05, 0) is 55.9 Å². The zero-order chi connectivity index (χ0) is 32.1. The SMILES string of the molecule is COc1nc(-c2cccc(-c3ccnc(-c4ccc5nc([C@@H]6N[C@H]7CC[C@@H]6C7)[nH]c5c4)c3Cl)c2Cl)ccc1CNCC1CCC(=O)N1. The molecule has 1 unspecified atom stereocenters. The van der Waals surface area contributed by atoms with Gasteiger partial charge in [0, 0.05) is 65.6 Å². The number of benzene rings is 2. The third kappa shape index (κ3) is 5.75. The maximum absolute atomic E-state index is 11.5. The highest BCUT2D eigenvalue weighted by molar-refractivity contribution is 6.39. The molecule has 47 heavy (non-hydrogen) atoms. The van der Waals surface area contributed by atoms with Crippen LogP contribution in [0.4, 0.5) is 0 Å². The van der Waals surface area contributed by atoms with Gasteiger partial charge in [0.2, 0.25) is 11.8 Å². The van der Waals surface area contributed by atoms with Crippen molar-refractivity contribution in [1.82, 2.24) is 35.9 Å². The molecule has 2 aromatic carbocycles. The number of rotatable bonds is 9. The van der Waals surface area contributed by atoms with Gasteiger partial charge in [-0.2, -0.15) is 0 Å². The molecule has 5 heterocycles. The molecule has 3 fully saturated rings. The van der Waals surface area contributed by atoms with E-state index in [9.17, 15) is 4.79 Å². The lowest BCUT2D eigenvalue weighted by Gasteiger charge is -2.20. The molecule has 2 bridgehead atoms. The number of carbonyl (C=O) groups is 1. The first kappa shape index (κ1) is 30.3. The van der Waals surface area contributed by atoms with Crippen LogP contribution in [0.25, 0.3) is 44.7 Å². The summed E-state index contributed by atoms with van der Waals surface area (Å²) in [6.45, 7) is 1.25. The van der Waals surface area contributed by atoms with Gasteiger partial charge in [0.1, 0.15) is 5.82 Å². The number of H-pyrrole nitrogens is 1. The minimum atomic E-state index is 0.108. The van der Waals surface area contributed by atoms with Crippen molar-refractivity contribution in [1.29, 1.82) is 0 Å². The summed E-state index contributed by atoms with van der Waals surface area (Å²) < 4.78 is 5.66. The Bertz CT molecular complexity index is 2000.